The van der Waals surface area contributed by atoms with Crippen molar-refractivity contribution in [3.63, 3.8) is 0 Å². The quantitative estimate of drug-likeness (QED) is 0.348. The Hall–Kier alpha value is -1.99. The molecular weight excluding hydrogens is 216 g/mol. The van der Waals surface area contributed by atoms with Crippen molar-refractivity contribution in [2.75, 3.05) is 7.11 Å². The van der Waals surface area contributed by atoms with Gasteiger partial charge in [0.1, 0.15) is 0 Å². The van der Waals surface area contributed by atoms with Gasteiger partial charge in [-0.25, -0.2) is 14.6 Å². The van der Waals surface area contributed by atoms with Crippen LogP contribution in [-0.2, 0) is 9.53 Å². The summed E-state index contributed by atoms with van der Waals surface area (Å²) in [6.07, 6.45) is -0.490. The summed E-state index contributed by atoms with van der Waals surface area (Å²) in [6.45, 7) is 1.70. The number of carbonyl (C=O) groups excluding carboxylic acids is 1. The number of carbonyl (C=O) groups is 2. The van der Waals surface area contributed by atoms with Crippen molar-refractivity contribution in [1.82, 2.24) is 5.32 Å². The fourth-order valence-corrected chi connectivity index (χ4v) is 1.10. The zero-order chi connectivity index (χ0) is 12.7. The van der Waals surface area contributed by atoms with Gasteiger partial charge in [0.2, 0.25) is 0 Å². The van der Waals surface area contributed by atoms with Gasteiger partial charge in [0.05, 0.1) is 13.2 Å². The van der Waals surface area contributed by atoms with Crippen LogP contribution >= 0.6 is 0 Å². The summed E-state index contributed by atoms with van der Waals surface area (Å²) in [5.41, 5.74) is 10.3. The van der Waals surface area contributed by atoms with Crippen LogP contribution < -0.4 is 16.8 Å². The lowest BCUT2D eigenvalue weighted by Crippen LogP contribution is -2.48. The first-order valence-electron chi connectivity index (χ1n) is 4.58. The molecule has 16 heavy (non-hydrogen) atoms. The van der Waals surface area contributed by atoms with Crippen LogP contribution in [-0.4, -0.2) is 42.3 Å². The Morgan fingerprint density at radius 2 is 2.06 bits per heavy atom. The maximum Gasteiger partial charge on any atom is 0.407 e. The SMILES string of the molecule is CCC(N=C(N)N)C(NC(=O)OC)C(=O)O. The van der Waals surface area contributed by atoms with Crippen LogP contribution in [0.2, 0.25) is 0 Å². The normalized spacial score (nSPS) is 13.4. The lowest BCUT2D eigenvalue weighted by molar-refractivity contribution is -0.139. The fraction of sp³-hybridized carbons (Fsp3) is 0.625. The average molecular weight is 232 g/mol. The van der Waals surface area contributed by atoms with Gasteiger partial charge in [-0.2, -0.15) is 0 Å². The van der Waals surface area contributed by atoms with Crippen LogP contribution in [0.3, 0.4) is 0 Å². The van der Waals surface area contributed by atoms with Crippen LogP contribution in [0.1, 0.15) is 13.3 Å². The molecule has 0 rings (SSSR count). The van der Waals surface area contributed by atoms with E-state index in [9.17, 15) is 9.59 Å². The Kier molecular flexibility index (Phi) is 5.68. The highest BCUT2D eigenvalue weighted by Gasteiger charge is 2.28. The van der Waals surface area contributed by atoms with Crippen LogP contribution in [0, 0.1) is 0 Å². The highest BCUT2D eigenvalue weighted by atomic mass is 16.5. The second-order valence-corrected chi connectivity index (χ2v) is 2.98. The van der Waals surface area contributed by atoms with Gasteiger partial charge in [0.25, 0.3) is 0 Å². The van der Waals surface area contributed by atoms with E-state index in [1.54, 1.807) is 6.92 Å². The van der Waals surface area contributed by atoms with E-state index in [4.69, 9.17) is 16.6 Å². The van der Waals surface area contributed by atoms with Gasteiger partial charge in [-0.3, -0.25) is 0 Å². The minimum absolute atomic E-state index is 0.232. The Labute approximate surface area is 92.6 Å². The number of ether oxygens (including phenoxy) is 1. The zero-order valence-electron chi connectivity index (χ0n) is 9.14. The maximum atomic E-state index is 10.9. The number of nitrogens with two attached hydrogens (primary N) is 2. The Morgan fingerprint density at radius 3 is 2.38 bits per heavy atom. The Morgan fingerprint density at radius 1 is 1.50 bits per heavy atom. The van der Waals surface area contributed by atoms with E-state index in [0.29, 0.717) is 6.42 Å². The number of hydrogen-bond donors (Lipinski definition) is 4. The van der Waals surface area contributed by atoms with Crippen molar-refractivity contribution >= 4 is 18.0 Å². The summed E-state index contributed by atoms with van der Waals surface area (Å²) in [5, 5.41) is 11.1. The van der Waals surface area contributed by atoms with E-state index in [1.807, 2.05) is 0 Å². The second-order valence-electron chi connectivity index (χ2n) is 2.98. The summed E-state index contributed by atoms with van der Waals surface area (Å²) in [5.74, 6) is -1.47. The van der Waals surface area contributed by atoms with Crippen LogP contribution in [0.25, 0.3) is 0 Å². The van der Waals surface area contributed by atoms with Gasteiger partial charge < -0.3 is 26.6 Å². The molecule has 0 heterocycles. The number of aliphatic imine (C=N–C) groups is 1. The topological polar surface area (TPSA) is 140 Å². The molecule has 6 N–H and O–H groups in total. The van der Waals surface area contributed by atoms with Gasteiger partial charge >= 0.3 is 12.1 Å². The van der Waals surface area contributed by atoms with E-state index in [1.165, 1.54) is 0 Å². The molecule has 0 bridgehead atoms. The predicted octanol–water partition coefficient (Wildman–Crippen LogP) is -1.15. The van der Waals surface area contributed by atoms with Crippen LogP contribution in [0.5, 0.6) is 0 Å². The minimum atomic E-state index is -1.23. The van der Waals surface area contributed by atoms with E-state index in [-0.39, 0.29) is 5.96 Å². The number of aliphatic carboxylic acids is 1. The number of methoxy groups -OCH3 is 1. The molecule has 8 nitrogen and oxygen atoms in total. The smallest absolute Gasteiger partial charge is 0.407 e. The van der Waals surface area contributed by atoms with Crippen molar-refractivity contribution in [3.8, 4) is 0 Å². The first-order chi connectivity index (χ1) is 7.42. The standard InChI is InChI=1S/C8H16N4O4/c1-3-4(11-7(9)10)5(6(13)14)12-8(15)16-2/h4-5H,3H2,1-2H3,(H,12,15)(H,13,14)(H4,9,10,11). The monoisotopic (exact) mass is 232 g/mol. The first kappa shape index (κ1) is 14.0. The summed E-state index contributed by atoms with van der Waals surface area (Å²) in [6, 6.07) is -1.96. The van der Waals surface area contributed by atoms with E-state index >= 15 is 0 Å². The van der Waals surface area contributed by atoms with Crippen LogP contribution in [0.15, 0.2) is 4.99 Å². The summed E-state index contributed by atoms with van der Waals surface area (Å²) >= 11 is 0. The molecule has 0 aliphatic heterocycles. The van der Waals surface area contributed by atoms with E-state index in [2.05, 4.69) is 15.0 Å². The Bertz CT molecular complexity index is 288. The number of hydrogen-bond acceptors (Lipinski definition) is 4. The maximum absolute atomic E-state index is 10.9. The lowest BCUT2D eigenvalue weighted by Gasteiger charge is -2.19. The van der Waals surface area contributed by atoms with Gasteiger partial charge in [0.15, 0.2) is 12.0 Å². The Balaban J connectivity index is 4.80. The van der Waals surface area contributed by atoms with Gasteiger partial charge in [0, 0.05) is 0 Å². The summed E-state index contributed by atoms with van der Waals surface area (Å²) < 4.78 is 4.31. The average Bonchev–Trinajstić information content (AvgIpc) is 2.21. The van der Waals surface area contributed by atoms with E-state index in [0.717, 1.165) is 7.11 Å². The molecule has 0 saturated heterocycles. The van der Waals surface area contributed by atoms with Crippen molar-refractivity contribution in [2.24, 2.45) is 16.5 Å². The van der Waals surface area contributed by atoms with Crippen molar-refractivity contribution in [1.29, 1.82) is 0 Å². The van der Waals surface area contributed by atoms with Gasteiger partial charge in [-0.05, 0) is 6.42 Å². The molecule has 8 heteroatoms. The van der Waals surface area contributed by atoms with E-state index < -0.39 is 24.1 Å². The fourth-order valence-electron chi connectivity index (χ4n) is 1.10. The molecule has 0 fully saturated rings. The summed E-state index contributed by atoms with van der Waals surface area (Å²) in [7, 11) is 1.13. The summed E-state index contributed by atoms with van der Waals surface area (Å²) in [4.78, 5) is 25.6. The number of nitrogens with one attached hydrogen (secondary N) is 1. The third-order valence-corrected chi connectivity index (χ3v) is 1.84. The van der Waals surface area contributed by atoms with Gasteiger partial charge in [-0.1, -0.05) is 6.92 Å². The number of guanidine groups is 1. The highest BCUT2D eigenvalue weighted by Crippen LogP contribution is 2.05. The third-order valence-electron chi connectivity index (χ3n) is 1.84. The largest absolute Gasteiger partial charge is 0.480 e. The molecular formula is C8H16N4O4. The number of carboxylic acid groups (broad SMARTS) is 1. The second kappa shape index (κ2) is 6.49. The molecule has 92 valence electrons. The van der Waals surface area contributed by atoms with Crippen LogP contribution in [0.4, 0.5) is 4.79 Å². The highest BCUT2D eigenvalue weighted by molar-refractivity contribution is 5.82. The number of rotatable bonds is 5. The van der Waals surface area contributed by atoms with Gasteiger partial charge in [-0.15, -0.1) is 0 Å². The molecule has 0 spiro atoms. The molecule has 0 aromatic rings. The number of amides is 1. The number of nitrogens with zero attached hydrogens (tertiary/aromatic N) is 1. The van der Waals surface area contributed by atoms with Crippen molar-refractivity contribution in [2.45, 2.75) is 25.4 Å². The predicted molar refractivity (Wildman–Crippen MR) is 56.9 cm³/mol. The zero-order valence-corrected chi connectivity index (χ0v) is 9.14. The molecule has 0 radical (unpaired) electrons. The lowest BCUT2D eigenvalue weighted by atomic mass is 10.1. The molecule has 2 atom stereocenters. The molecule has 0 aliphatic carbocycles. The molecule has 1 amide bonds. The molecule has 0 aromatic carbocycles. The molecule has 0 saturated carbocycles. The minimum Gasteiger partial charge on any atom is -0.480 e. The van der Waals surface area contributed by atoms with Crippen molar-refractivity contribution in [3.05, 3.63) is 0 Å². The molecule has 0 aromatic heterocycles. The number of alkyl carbamates (subject to hydrolysis) is 1. The molecule has 2 unspecified atom stereocenters. The number of carboxylic acids is 1. The third kappa shape index (κ3) is 4.49. The first-order valence-corrected chi connectivity index (χ1v) is 4.58. The van der Waals surface area contributed by atoms with Crippen molar-refractivity contribution < 1.29 is 19.4 Å². The molecule has 0 aliphatic rings.